The Labute approximate surface area is 123 Å². The molecular formula is C15H12Br2O. The van der Waals surface area contributed by atoms with Gasteiger partial charge in [-0.15, -0.1) is 0 Å². The van der Waals surface area contributed by atoms with Gasteiger partial charge in [-0.05, 0) is 23.3 Å². The Morgan fingerprint density at radius 3 is 1.67 bits per heavy atom. The van der Waals surface area contributed by atoms with E-state index in [1.807, 2.05) is 48.5 Å². The van der Waals surface area contributed by atoms with E-state index < -0.39 is 0 Å². The zero-order chi connectivity index (χ0) is 13.0. The number of carbonyl (C=O) groups excluding carboxylic acids is 1. The number of alkyl halides is 2. The van der Waals surface area contributed by atoms with Gasteiger partial charge in [-0.2, -0.15) is 0 Å². The van der Waals surface area contributed by atoms with Crippen LogP contribution in [0.1, 0.15) is 27.0 Å². The molecule has 1 nitrogen and oxygen atoms in total. The summed E-state index contributed by atoms with van der Waals surface area (Å²) in [4.78, 5) is 12.4. The molecule has 0 aromatic heterocycles. The van der Waals surface area contributed by atoms with E-state index in [9.17, 15) is 4.79 Å². The molecule has 92 valence electrons. The van der Waals surface area contributed by atoms with Crippen LogP contribution in [0.5, 0.6) is 0 Å². The van der Waals surface area contributed by atoms with Gasteiger partial charge >= 0.3 is 0 Å². The fourth-order valence-electron chi connectivity index (χ4n) is 1.76. The Bertz CT molecular complexity index is 514. The highest BCUT2D eigenvalue weighted by Gasteiger charge is 2.09. The molecular weight excluding hydrogens is 356 g/mol. The number of rotatable bonds is 4. The summed E-state index contributed by atoms with van der Waals surface area (Å²) >= 11 is 6.80. The first-order chi connectivity index (χ1) is 8.74. The lowest BCUT2D eigenvalue weighted by Gasteiger charge is -2.04. The molecule has 0 unspecified atom stereocenters. The molecule has 0 heterocycles. The first-order valence-corrected chi connectivity index (χ1v) is 7.83. The monoisotopic (exact) mass is 366 g/mol. The van der Waals surface area contributed by atoms with E-state index in [2.05, 4.69) is 31.9 Å². The van der Waals surface area contributed by atoms with Gasteiger partial charge in [0.15, 0.2) is 5.78 Å². The molecule has 2 aromatic rings. The standard InChI is InChI=1S/C15H12Br2O/c16-9-11-3-1-5-13(7-11)15(18)14-6-2-4-12(8-14)10-17/h1-8H,9-10H2. The Kier molecular flexibility index (Phi) is 4.72. The topological polar surface area (TPSA) is 17.1 Å². The number of hydrogen-bond donors (Lipinski definition) is 0. The van der Waals surface area contributed by atoms with Gasteiger partial charge < -0.3 is 0 Å². The number of halogens is 2. The first-order valence-electron chi connectivity index (χ1n) is 5.59. The largest absolute Gasteiger partial charge is 0.289 e. The van der Waals surface area contributed by atoms with Crippen molar-refractivity contribution in [3.8, 4) is 0 Å². The van der Waals surface area contributed by atoms with Crippen LogP contribution in [0.4, 0.5) is 0 Å². The van der Waals surface area contributed by atoms with E-state index in [0.29, 0.717) is 0 Å². The first kappa shape index (κ1) is 13.5. The van der Waals surface area contributed by atoms with Crippen LogP contribution in [-0.2, 0) is 10.7 Å². The van der Waals surface area contributed by atoms with Crippen LogP contribution in [0.3, 0.4) is 0 Å². The van der Waals surface area contributed by atoms with Gasteiger partial charge in [0.1, 0.15) is 0 Å². The summed E-state index contributed by atoms with van der Waals surface area (Å²) in [6.45, 7) is 0. The molecule has 0 atom stereocenters. The molecule has 2 aromatic carbocycles. The molecule has 0 spiro atoms. The lowest BCUT2D eigenvalue weighted by molar-refractivity contribution is 0.103. The van der Waals surface area contributed by atoms with Crippen LogP contribution in [0, 0.1) is 0 Å². The number of carbonyl (C=O) groups is 1. The molecule has 0 fully saturated rings. The van der Waals surface area contributed by atoms with Gasteiger partial charge in [-0.25, -0.2) is 0 Å². The van der Waals surface area contributed by atoms with Gasteiger partial charge in [0, 0.05) is 21.8 Å². The van der Waals surface area contributed by atoms with Crippen LogP contribution in [0.15, 0.2) is 48.5 Å². The van der Waals surface area contributed by atoms with Gasteiger partial charge in [-0.3, -0.25) is 4.79 Å². The van der Waals surface area contributed by atoms with E-state index in [-0.39, 0.29) is 5.78 Å². The second kappa shape index (κ2) is 6.30. The van der Waals surface area contributed by atoms with Gasteiger partial charge in [0.05, 0.1) is 0 Å². The quantitative estimate of drug-likeness (QED) is 0.565. The second-order valence-corrected chi connectivity index (χ2v) is 5.12. The molecule has 0 amide bonds. The molecule has 0 aliphatic heterocycles. The lowest BCUT2D eigenvalue weighted by Crippen LogP contribution is -2.02. The molecule has 0 aliphatic rings. The maximum atomic E-state index is 12.4. The molecule has 2 rings (SSSR count). The minimum Gasteiger partial charge on any atom is -0.289 e. The third-order valence-electron chi connectivity index (χ3n) is 2.69. The Morgan fingerprint density at radius 2 is 1.28 bits per heavy atom. The van der Waals surface area contributed by atoms with Crippen LogP contribution in [0.25, 0.3) is 0 Å². The average Bonchev–Trinajstić information content (AvgIpc) is 2.46. The molecule has 0 N–H and O–H groups in total. The Balaban J connectivity index is 2.34. The van der Waals surface area contributed by atoms with Crippen molar-refractivity contribution in [2.24, 2.45) is 0 Å². The lowest BCUT2D eigenvalue weighted by atomic mass is 10.0. The predicted molar refractivity (Wildman–Crippen MR) is 81.6 cm³/mol. The third-order valence-corrected chi connectivity index (χ3v) is 3.98. The van der Waals surface area contributed by atoms with E-state index in [1.165, 1.54) is 0 Å². The Morgan fingerprint density at radius 1 is 0.833 bits per heavy atom. The van der Waals surface area contributed by atoms with Gasteiger partial charge in [0.25, 0.3) is 0 Å². The second-order valence-electron chi connectivity index (χ2n) is 4.00. The highest BCUT2D eigenvalue weighted by Crippen LogP contribution is 2.15. The van der Waals surface area contributed by atoms with Crippen molar-refractivity contribution in [1.82, 2.24) is 0 Å². The van der Waals surface area contributed by atoms with Crippen molar-refractivity contribution in [2.75, 3.05) is 0 Å². The highest BCUT2D eigenvalue weighted by atomic mass is 79.9. The maximum absolute atomic E-state index is 12.4. The van der Waals surface area contributed by atoms with E-state index in [4.69, 9.17) is 0 Å². The highest BCUT2D eigenvalue weighted by molar-refractivity contribution is 9.08. The van der Waals surface area contributed by atoms with E-state index in [1.54, 1.807) is 0 Å². The van der Waals surface area contributed by atoms with Gasteiger partial charge in [-0.1, -0.05) is 68.3 Å². The normalized spacial score (nSPS) is 10.3. The smallest absolute Gasteiger partial charge is 0.193 e. The minimum absolute atomic E-state index is 0.0700. The summed E-state index contributed by atoms with van der Waals surface area (Å²) in [7, 11) is 0. The minimum atomic E-state index is 0.0700. The third kappa shape index (κ3) is 3.09. The van der Waals surface area contributed by atoms with E-state index in [0.717, 1.165) is 32.9 Å². The number of ketones is 1. The van der Waals surface area contributed by atoms with Crippen LogP contribution < -0.4 is 0 Å². The fraction of sp³-hybridized carbons (Fsp3) is 0.133. The molecule has 0 aliphatic carbocycles. The van der Waals surface area contributed by atoms with Crippen LogP contribution >= 0.6 is 31.9 Å². The van der Waals surface area contributed by atoms with Crippen molar-refractivity contribution in [2.45, 2.75) is 10.7 Å². The molecule has 0 radical (unpaired) electrons. The zero-order valence-electron chi connectivity index (χ0n) is 9.70. The summed E-state index contributed by atoms with van der Waals surface area (Å²) in [6, 6.07) is 15.4. The van der Waals surface area contributed by atoms with Crippen molar-refractivity contribution in [3.63, 3.8) is 0 Å². The Hall–Kier alpha value is -0.930. The average molecular weight is 368 g/mol. The van der Waals surface area contributed by atoms with Crippen molar-refractivity contribution in [1.29, 1.82) is 0 Å². The van der Waals surface area contributed by atoms with Crippen LogP contribution in [-0.4, -0.2) is 5.78 Å². The van der Waals surface area contributed by atoms with Crippen molar-refractivity contribution >= 4 is 37.6 Å². The SMILES string of the molecule is O=C(c1cccc(CBr)c1)c1cccc(CBr)c1. The fourth-order valence-corrected chi connectivity index (χ4v) is 2.46. The summed E-state index contributed by atoms with van der Waals surface area (Å²) < 4.78 is 0. The molecule has 18 heavy (non-hydrogen) atoms. The van der Waals surface area contributed by atoms with Gasteiger partial charge in [0.2, 0.25) is 0 Å². The van der Waals surface area contributed by atoms with Crippen LogP contribution in [0.2, 0.25) is 0 Å². The zero-order valence-corrected chi connectivity index (χ0v) is 12.9. The summed E-state index contributed by atoms with van der Waals surface area (Å²) in [6.07, 6.45) is 0. The maximum Gasteiger partial charge on any atom is 0.193 e. The number of hydrogen-bond acceptors (Lipinski definition) is 1. The predicted octanol–water partition coefficient (Wildman–Crippen LogP) is 4.71. The number of benzene rings is 2. The molecule has 0 bridgehead atoms. The molecule has 3 heteroatoms. The van der Waals surface area contributed by atoms with Crippen molar-refractivity contribution in [3.05, 3.63) is 70.8 Å². The molecule has 0 saturated heterocycles. The summed E-state index contributed by atoms with van der Waals surface area (Å²) in [5.74, 6) is 0.0700. The summed E-state index contributed by atoms with van der Waals surface area (Å²) in [5, 5.41) is 1.52. The summed E-state index contributed by atoms with van der Waals surface area (Å²) in [5.41, 5.74) is 3.69. The van der Waals surface area contributed by atoms with E-state index >= 15 is 0 Å². The molecule has 0 saturated carbocycles. The van der Waals surface area contributed by atoms with Crippen molar-refractivity contribution < 1.29 is 4.79 Å².